The normalized spacial score (nSPS) is 16.7. The molecule has 1 fully saturated rings. The van der Waals surface area contributed by atoms with Crippen molar-refractivity contribution in [3.05, 3.63) is 60.1 Å². The van der Waals surface area contributed by atoms with E-state index in [0.717, 1.165) is 43.8 Å². The molecular weight excluding hydrogens is 342 g/mol. The van der Waals surface area contributed by atoms with Crippen molar-refractivity contribution < 1.29 is 14.0 Å². The van der Waals surface area contributed by atoms with E-state index in [-0.39, 0.29) is 17.7 Å². The van der Waals surface area contributed by atoms with Crippen LogP contribution in [0.15, 0.2) is 53.1 Å². The zero-order chi connectivity index (χ0) is 19.2. The highest BCUT2D eigenvalue weighted by Gasteiger charge is 2.30. The largest absolute Gasteiger partial charge is 0.468 e. The Morgan fingerprint density at radius 2 is 1.85 bits per heavy atom. The molecule has 27 heavy (non-hydrogen) atoms. The Hall–Kier alpha value is -2.60. The van der Waals surface area contributed by atoms with Crippen LogP contribution in [0, 0.1) is 5.92 Å². The van der Waals surface area contributed by atoms with Gasteiger partial charge in [0.1, 0.15) is 11.8 Å². The first-order valence-corrected chi connectivity index (χ1v) is 9.36. The van der Waals surface area contributed by atoms with Crippen LogP contribution in [0.2, 0.25) is 0 Å². The van der Waals surface area contributed by atoms with Gasteiger partial charge in [-0.1, -0.05) is 30.3 Å². The van der Waals surface area contributed by atoms with Crippen LogP contribution in [0.5, 0.6) is 0 Å². The Morgan fingerprint density at radius 3 is 2.44 bits per heavy atom. The molecule has 1 aromatic carbocycles. The van der Waals surface area contributed by atoms with E-state index in [4.69, 9.17) is 4.42 Å². The number of carbonyl (C=O) groups excluding carboxylic acids is 2. The molecule has 1 atom stereocenters. The first-order valence-electron chi connectivity index (χ1n) is 9.36. The molecule has 0 aliphatic carbocycles. The Bertz CT molecular complexity index is 735. The van der Waals surface area contributed by atoms with E-state index in [1.807, 2.05) is 42.5 Å². The lowest BCUT2D eigenvalue weighted by atomic mass is 9.94. The van der Waals surface area contributed by atoms with Gasteiger partial charge < -0.3 is 14.6 Å². The lowest BCUT2D eigenvalue weighted by Gasteiger charge is -2.31. The molecule has 1 N–H and O–H groups in total. The average Bonchev–Trinajstić information content (AvgIpc) is 3.19. The third kappa shape index (κ3) is 4.98. The minimum absolute atomic E-state index is 0.0447. The summed E-state index contributed by atoms with van der Waals surface area (Å²) in [7, 11) is 3.41. The number of likely N-dealkylation sites (tertiary alicyclic amines) is 1. The molecule has 6 nitrogen and oxygen atoms in total. The molecule has 144 valence electrons. The fourth-order valence-electron chi connectivity index (χ4n) is 3.43. The van der Waals surface area contributed by atoms with Crippen LogP contribution >= 0.6 is 0 Å². The van der Waals surface area contributed by atoms with Gasteiger partial charge in [-0.3, -0.25) is 14.5 Å². The number of hydrogen-bond donors (Lipinski definition) is 1. The zero-order valence-electron chi connectivity index (χ0n) is 15.9. The number of carbonyl (C=O) groups is 2. The Labute approximate surface area is 160 Å². The van der Waals surface area contributed by atoms with Crippen LogP contribution in [-0.2, 0) is 16.1 Å². The number of rotatable bonds is 6. The van der Waals surface area contributed by atoms with Crippen molar-refractivity contribution in [1.29, 1.82) is 0 Å². The van der Waals surface area contributed by atoms with E-state index in [2.05, 4.69) is 10.2 Å². The number of nitrogens with one attached hydrogen (secondary N) is 1. The smallest absolute Gasteiger partial charge is 0.249 e. The van der Waals surface area contributed by atoms with Crippen molar-refractivity contribution in [3.63, 3.8) is 0 Å². The molecule has 3 rings (SSSR count). The SMILES string of the molecule is CN(C)C(=O)[C@@H](NC(=O)C1CCN(Cc2ccco2)CC1)c1ccccc1. The molecule has 1 saturated heterocycles. The monoisotopic (exact) mass is 369 g/mol. The topological polar surface area (TPSA) is 65.8 Å². The Balaban J connectivity index is 1.58. The summed E-state index contributed by atoms with van der Waals surface area (Å²) >= 11 is 0. The summed E-state index contributed by atoms with van der Waals surface area (Å²) in [5, 5.41) is 2.98. The van der Waals surface area contributed by atoms with E-state index in [9.17, 15) is 9.59 Å². The average molecular weight is 369 g/mol. The number of nitrogens with zero attached hydrogens (tertiary/aromatic N) is 2. The van der Waals surface area contributed by atoms with Crippen LogP contribution in [0.1, 0.15) is 30.2 Å². The van der Waals surface area contributed by atoms with Crippen LogP contribution < -0.4 is 5.32 Å². The van der Waals surface area contributed by atoms with E-state index in [1.165, 1.54) is 4.90 Å². The molecule has 0 unspecified atom stereocenters. The maximum absolute atomic E-state index is 12.8. The molecule has 0 bridgehead atoms. The summed E-state index contributed by atoms with van der Waals surface area (Å²) in [6, 6.07) is 12.6. The number of furan rings is 1. The third-order valence-corrected chi connectivity index (χ3v) is 5.03. The van der Waals surface area contributed by atoms with Gasteiger partial charge in [0, 0.05) is 20.0 Å². The van der Waals surface area contributed by atoms with E-state index >= 15 is 0 Å². The van der Waals surface area contributed by atoms with Crippen molar-refractivity contribution in [2.75, 3.05) is 27.2 Å². The van der Waals surface area contributed by atoms with Gasteiger partial charge in [-0.05, 0) is 43.6 Å². The maximum atomic E-state index is 12.8. The van der Waals surface area contributed by atoms with Gasteiger partial charge in [-0.2, -0.15) is 0 Å². The lowest BCUT2D eigenvalue weighted by molar-refractivity contribution is -0.136. The first-order chi connectivity index (χ1) is 13.0. The number of amides is 2. The van der Waals surface area contributed by atoms with Gasteiger partial charge in [-0.15, -0.1) is 0 Å². The molecule has 0 saturated carbocycles. The minimum atomic E-state index is -0.644. The van der Waals surface area contributed by atoms with Crippen molar-refractivity contribution in [2.45, 2.75) is 25.4 Å². The van der Waals surface area contributed by atoms with Crippen molar-refractivity contribution in [2.24, 2.45) is 5.92 Å². The number of benzene rings is 1. The maximum Gasteiger partial charge on any atom is 0.249 e. The second kappa shape index (κ2) is 8.86. The molecule has 1 aromatic heterocycles. The van der Waals surface area contributed by atoms with Crippen LogP contribution in [-0.4, -0.2) is 48.8 Å². The first kappa shape index (κ1) is 19.2. The standard InChI is InChI=1S/C21H27N3O3/c1-23(2)21(26)19(16-7-4-3-5-8-16)22-20(25)17-10-12-24(13-11-17)15-18-9-6-14-27-18/h3-9,14,17,19H,10-13,15H2,1-2H3,(H,22,25)/t19-/m0/s1. The van der Waals surface area contributed by atoms with Gasteiger partial charge >= 0.3 is 0 Å². The van der Waals surface area contributed by atoms with E-state index < -0.39 is 6.04 Å². The fourth-order valence-corrected chi connectivity index (χ4v) is 3.43. The molecular formula is C21H27N3O3. The molecule has 0 radical (unpaired) electrons. The molecule has 1 aliphatic rings. The second-order valence-electron chi connectivity index (χ2n) is 7.21. The predicted octanol–water partition coefficient (Wildman–Crippen LogP) is 2.44. The molecule has 2 heterocycles. The highest BCUT2D eigenvalue weighted by molar-refractivity contribution is 5.89. The van der Waals surface area contributed by atoms with Crippen molar-refractivity contribution in [1.82, 2.24) is 15.1 Å². The van der Waals surface area contributed by atoms with E-state index in [0.29, 0.717) is 0 Å². The van der Waals surface area contributed by atoms with Crippen LogP contribution in [0.4, 0.5) is 0 Å². The summed E-state index contributed by atoms with van der Waals surface area (Å²) in [6.45, 7) is 2.46. The van der Waals surface area contributed by atoms with Crippen LogP contribution in [0.25, 0.3) is 0 Å². The molecule has 6 heteroatoms. The molecule has 2 aromatic rings. The molecule has 1 aliphatic heterocycles. The summed E-state index contributed by atoms with van der Waals surface area (Å²) in [4.78, 5) is 29.2. The minimum Gasteiger partial charge on any atom is -0.468 e. The zero-order valence-corrected chi connectivity index (χ0v) is 15.9. The lowest BCUT2D eigenvalue weighted by Crippen LogP contribution is -2.45. The Kier molecular flexibility index (Phi) is 6.29. The van der Waals surface area contributed by atoms with Gasteiger partial charge in [0.15, 0.2) is 0 Å². The van der Waals surface area contributed by atoms with Gasteiger partial charge in [0.05, 0.1) is 12.8 Å². The molecule has 2 amide bonds. The van der Waals surface area contributed by atoms with Gasteiger partial charge in [0.2, 0.25) is 11.8 Å². The number of hydrogen-bond acceptors (Lipinski definition) is 4. The predicted molar refractivity (Wildman–Crippen MR) is 103 cm³/mol. The number of likely N-dealkylation sites (N-methyl/N-ethyl adjacent to an activating group) is 1. The summed E-state index contributed by atoms with van der Waals surface area (Å²) in [6.07, 6.45) is 3.25. The highest BCUT2D eigenvalue weighted by atomic mass is 16.3. The number of piperidine rings is 1. The van der Waals surface area contributed by atoms with Crippen molar-refractivity contribution in [3.8, 4) is 0 Å². The second-order valence-corrected chi connectivity index (χ2v) is 7.21. The fraction of sp³-hybridized carbons (Fsp3) is 0.429. The van der Waals surface area contributed by atoms with Crippen LogP contribution in [0.3, 0.4) is 0 Å². The summed E-state index contributed by atoms with van der Waals surface area (Å²) in [5.74, 6) is 0.708. The third-order valence-electron chi connectivity index (χ3n) is 5.03. The summed E-state index contributed by atoms with van der Waals surface area (Å²) in [5.41, 5.74) is 0.805. The Morgan fingerprint density at radius 1 is 1.15 bits per heavy atom. The quantitative estimate of drug-likeness (QED) is 0.849. The highest BCUT2D eigenvalue weighted by Crippen LogP contribution is 2.22. The van der Waals surface area contributed by atoms with E-state index in [1.54, 1.807) is 20.4 Å². The summed E-state index contributed by atoms with van der Waals surface area (Å²) < 4.78 is 5.40. The van der Waals surface area contributed by atoms with Gasteiger partial charge in [-0.25, -0.2) is 0 Å². The van der Waals surface area contributed by atoms with Crippen molar-refractivity contribution >= 4 is 11.8 Å². The molecule has 0 spiro atoms. The van der Waals surface area contributed by atoms with Gasteiger partial charge in [0.25, 0.3) is 0 Å².